The fraction of sp³-hybridized carbons (Fsp3) is 0.0909. The number of benzodiazepines with no additional fused rings is 1. The van der Waals surface area contributed by atoms with E-state index in [2.05, 4.69) is 31.5 Å². The Morgan fingerprint density at radius 1 is 1.16 bits per heavy atom. The van der Waals surface area contributed by atoms with Gasteiger partial charge in [-0.1, -0.05) is 41.9 Å². The van der Waals surface area contributed by atoms with E-state index in [9.17, 15) is 4.79 Å². The van der Waals surface area contributed by atoms with Crippen molar-refractivity contribution in [3.05, 3.63) is 87.5 Å². The molecular weight excluding hydrogens is 498 g/mol. The number of aliphatic imine (C=N–C) groups is 1. The van der Waals surface area contributed by atoms with Crippen molar-refractivity contribution in [3.63, 3.8) is 0 Å². The van der Waals surface area contributed by atoms with Gasteiger partial charge in [0.2, 0.25) is 6.17 Å². The highest BCUT2D eigenvalue weighted by atomic mass is 79.9. The van der Waals surface area contributed by atoms with Gasteiger partial charge in [0.15, 0.2) is 5.11 Å². The van der Waals surface area contributed by atoms with Crippen LogP contribution in [0.3, 0.4) is 0 Å². The zero-order valence-corrected chi connectivity index (χ0v) is 19.5. The summed E-state index contributed by atoms with van der Waals surface area (Å²) in [6, 6.07) is 18.7. The van der Waals surface area contributed by atoms with Gasteiger partial charge in [-0.2, -0.15) is 0 Å². The summed E-state index contributed by atoms with van der Waals surface area (Å²) in [5.41, 5.74) is 3.01. The van der Waals surface area contributed by atoms with Gasteiger partial charge < -0.3 is 15.5 Å². The molecule has 1 aliphatic heterocycles. The third-order valence-electron chi connectivity index (χ3n) is 4.68. The van der Waals surface area contributed by atoms with E-state index in [0.717, 1.165) is 21.3 Å². The smallest absolute Gasteiger partial charge is 0.272 e. The summed E-state index contributed by atoms with van der Waals surface area (Å²) in [6.07, 6.45) is 0.725. The number of thiocarbonyl (C=S) groups is 1. The largest absolute Gasteiger partial charge is 0.333 e. The van der Waals surface area contributed by atoms with E-state index in [1.54, 1.807) is 30.3 Å². The topological polar surface area (TPSA) is 69.6 Å². The predicted octanol–water partition coefficient (Wildman–Crippen LogP) is 4.62. The lowest BCUT2D eigenvalue weighted by molar-refractivity contribution is -0.119. The van der Waals surface area contributed by atoms with Crippen LogP contribution in [0.2, 0.25) is 5.02 Å². The van der Waals surface area contributed by atoms with Crippen LogP contribution in [-0.2, 0) is 4.79 Å². The van der Waals surface area contributed by atoms with Crippen LogP contribution >= 0.6 is 39.7 Å². The lowest BCUT2D eigenvalue weighted by atomic mass is 10.0. The van der Waals surface area contributed by atoms with E-state index in [1.165, 1.54) is 0 Å². The van der Waals surface area contributed by atoms with Crippen molar-refractivity contribution in [1.82, 2.24) is 10.3 Å². The van der Waals surface area contributed by atoms with E-state index in [-0.39, 0.29) is 11.0 Å². The van der Waals surface area contributed by atoms with E-state index in [4.69, 9.17) is 28.8 Å². The molecule has 0 bridgehead atoms. The first-order chi connectivity index (χ1) is 14.9. The van der Waals surface area contributed by atoms with Crippen molar-refractivity contribution in [1.29, 1.82) is 0 Å². The van der Waals surface area contributed by atoms with Gasteiger partial charge in [-0.15, -0.1) is 0 Å². The second-order valence-electron chi connectivity index (χ2n) is 6.77. The summed E-state index contributed by atoms with van der Waals surface area (Å²) in [5, 5.41) is 6.79. The summed E-state index contributed by atoms with van der Waals surface area (Å²) >= 11 is 15.0. The van der Waals surface area contributed by atoms with Gasteiger partial charge in [-0.3, -0.25) is 4.79 Å². The van der Waals surface area contributed by atoms with Crippen LogP contribution in [0.1, 0.15) is 11.1 Å². The molecule has 156 valence electrons. The molecule has 31 heavy (non-hydrogen) atoms. The molecular formula is C22H17BrClN5OS. The standard InChI is InChI=1S/C22H17BrClN5OS/c1-29-17-9-8-15(24)11-16(17)19(13-5-3-2-4-6-13)27-20(21(29)30)28-22(31)26-18-10-7-14(23)12-25-18/h2-12,20H,1H3,(H2,25,26,28,31). The normalized spacial score (nSPS) is 15.6. The molecule has 1 amide bonds. The monoisotopic (exact) mass is 513 g/mol. The Labute approximate surface area is 198 Å². The third-order valence-corrected chi connectivity index (χ3v) is 5.61. The zero-order valence-electron chi connectivity index (χ0n) is 16.3. The summed E-state index contributed by atoms with van der Waals surface area (Å²) in [6.45, 7) is 0. The number of rotatable bonds is 3. The highest BCUT2D eigenvalue weighted by molar-refractivity contribution is 9.10. The average Bonchev–Trinajstić information content (AvgIpc) is 2.86. The number of likely N-dealkylation sites (N-methyl/N-ethyl adjacent to an activating group) is 1. The lowest BCUT2D eigenvalue weighted by Gasteiger charge is -2.21. The summed E-state index contributed by atoms with van der Waals surface area (Å²) in [7, 11) is 1.71. The predicted molar refractivity (Wildman–Crippen MR) is 132 cm³/mol. The fourth-order valence-corrected chi connectivity index (χ4v) is 3.82. The number of hydrogen-bond donors (Lipinski definition) is 2. The van der Waals surface area contributed by atoms with Crippen molar-refractivity contribution in [2.45, 2.75) is 6.17 Å². The first kappa shape index (κ1) is 21.4. The number of nitrogens with zero attached hydrogens (tertiary/aromatic N) is 3. The Bertz CT molecular complexity index is 1170. The molecule has 3 aromatic rings. The number of pyridine rings is 1. The van der Waals surface area contributed by atoms with Gasteiger partial charge in [-0.25, -0.2) is 9.98 Å². The Hall–Kier alpha value is -2.81. The highest BCUT2D eigenvalue weighted by Crippen LogP contribution is 2.29. The third kappa shape index (κ3) is 4.76. The van der Waals surface area contributed by atoms with E-state index >= 15 is 0 Å². The Morgan fingerprint density at radius 3 is 2.65 bits per heavy atom. The first-order valence-corrected chi connectivity index (χ1v) is 10.9. The van der Waals surface area contributed by atoms with E-state index in [1.807, 2.05) is 48.5 Å². The number of hydrogen-bond acceptors (Lipinski definition) is 4. The summed E-state index contributed by atoms with van der Waals surface area (Å²) < 4.78 is 0.853. The molecule has 1 unspecified atom stereocenters. The summed E-state index contributed by atoms with van der Waals surface area (Å²) in [4.78, 5) is 23.8. The van der Waals surface area contributed by atoms with Crippen molar-refractivity contribution in [2.24, 2.45) is 4.99 Å². The van der Waals surface area contributed by atoms with Gasteiger partial charge in [0.05, 0.1) is 11.4 Å². The Morgan fingerprint density at radius 2 is 1.94 bits per heavy atom. The van der Waals surface area contributed by atoms with Crippen LogP contribution in [0.4, 0.5) is 11.5 Å². The average molecular weight is 515 g/mol. The van der Waals surface area contributed by atoms with Crippen LogP contribution < -0.4 is 15.5 Å². The maximum Gasteiger partial charge on any atom is 0.272 e. The number of aromatic nitrogens is 1. The Balaban J connectivity index is 1.70. The summed E-state index contributed by atoms with van der Waals surface area (Å²) in [5.74, 6) is 0.305. The van der Waals surface area contributed by atoms with E-state index < -0.39 is 6.17 Å². The number of carbonyl (C=O) groups is 1. The highest BCUT2D eigenvalue weighted by Gasteiger charge is 2.30. The minimum absolute atomic E-state index is 0.238. The molecule has 0 aliphatic carbocycles. The molecule has 4 rings (SSSR count). The molecule has 6 nitrogen and oxygen atoms in total. The molecule has 9 heteroatoms. The quantitative estimate of drug-likeness (QED) is 0.499. The van der Waals surface area contributed by atoms with Crippen LogP contribution in [0.25, 0.3) is 0 Å². The number of carbonyl (C=O) groups excluding carboxylic acids is 1. The van der Waals surface area contributed by atoms with Gasteiger partial charge in [0.25, 0.3) is 5.91 Å². The van der Waals surface area contributed by atoms with Crippen molar-refractivity contribution >= 4 is 68.0 Å². The molecule has 0 radical (unpaired) electrons. The second kappa shape index (κ2) is 9.13. The van der Waals surface area contributed by atoms with Gasteiger partial charge in [0, 0.05) is 33.9 Å². The molecule has 1 aliphatic rings. The fourth-order valence-electron chi connectivity index (χ4n) is 3.19. The number of benzene rings is 2. The molecule has 0 spiro atoms. The van der Waals surface area contributed by atoms with Gasteiger partial charge >= 0.3 is 0 Å². The maximum absolute atomic E-state index is 13.2. The van der Waals surface area contributed by atoms with Crippen molar-refractivity contribution in [2.75, 3.05) is 17.3 Å². The SMILES string of the molecule is CN1C(=O)C(NC(=S)Nc2ccc(Br)cn2)N=C(c2ccccc2)c2cc(Cl)ccc21. The number of halogens is 2. The van der Waals surface area contributed by atoms with Crippen molar-refractivity contribution in [3.8, 4) is 0 Å². The lowest BCUT2D eigenvalue weighted by Crippen LogP contribution is -2.47. The minimum Gasteiger partial charge on any atom is -0.333 e. The number of fused-ring (bicyclic) bond motifs is 1. The van der Waals surface area contributed by atoms with Crippen molar-refractivity contribution < 1.29 is 4.79 Å². The number of anilines is 2. The van der Waals surface area contributed by atoms with Crippen LogP contribution in [0, 0.1) is 0 Å². The molecule has 2 heterocycles. The Kier molecular flexibility index (Phi) is 6.31. The van der Waals surface area contributed by atoms with Gasteiger partial charge in [-0.05, 0) is 58.5 Å². The molecule has 1 atom stereocenters. The zero-order chi connectivity index (χ0) is 22.0. The molecule has 1 aromatic heterocycles. The first-order valence-electron chi connectivity index (χ1n) is 9.32. The molecule has 2 aromatic carbocycles. The number of amides is 1. The van der Waals surface area contributed by atoms with Crippen LogP contribution in [-0.4, -0.2) is 34.9 Å². The maximum atomic E-state index is 13.2. The number of nitrogens with one attached hydrogen (secondary N) is 2. The van der Waals surface area contributed by atoms with Crippen LogP contribution in [0.15, 0.2) is 76.3 Å². The molecule has 0 saturated carbocycles. The minimum atomic E-state index is -0.929. The second-order valence-corrected chi connectivity index (χ2v) is 8.53. The molecule has 0 saturated heterocycles. The molecule has 0 fully saturated rings. The van der Waals surface area contributed by atoms with Crippen LogP contribution in [0.5, 0.6) is 0 Å². The van der Waals surface area contributed by atoms with E-state index in [0.29, 0.717) is 16.6 Å². The molecule has 2 N–H and O–H groups in total. The van der Waals surface area contributed by atoms with Gasteiger partial charge in [0.1, 0.15) is 5.82 Å².